The van der Waals surface area contributed by atoms with Crippen LogP contribution in [0.5, 0.6) is 17.2 Å². The van der Waals surface area contributed by atoms with Crippen LogP contribution in [0.25, 0.3) is 0 Å². The van der Waals surface area contributed by atoms with E-state index >= 15 is 0 Å². The molecule has 0 aliphatic rings. The number of ketones is 1. The summed E-state index contributed by atoms with van der Waals surface area (Å²) >= 11 is 0. The van der Waals surface area contributed by atoms with Gasteiger partial charge in [0, 0.05) is 11.1 Å². The highest BCUT2D eigenvalue weighted by molar-refractivity contribution is 6.06. The molecule has 0 spiro atoms. The molecule has 0 unspecified atom stereocenters. The third-order valence-corrected chi connectivity index (χ3v) is 4.23. The summed E-state index contributed by atoms with van der Waals surface area (Å²) in [6.07, 6.45) is 0. The van der Waals surface area contributed by atoms with Crippen molar-refractivity contribution >= 4 is 17.4 Å². The zero-order valence-electron chi connectivity index (χ0n) is 16.0. The monoisotopic (exact) mass is 375 g/mol. The quantitative estimate of drug-likeness (QED) is 0.598. The summed E-state index contributed by atoms with van der Waals surface area (Å²) in [6.45, 7) is 3.48. The first kappa shape index (κ1) is 19.2. The molecule has 3 aromatic carbocycles. The summed E-state index contributed by atoms with van der Waals surface area (Å²) in [6, 6.07) is 19.5. The van der Waals surface area contributed by atoms with Crippen molar-refractivity contribution in [2.24, 2.45) is 0 Å². The number of benzene rings is 3. The largest absolute Gasteiger partial charge is 0.495 e. The number of amides is 1. The van der Waals surface area contributed by atoms with E-state index in [0.29, 0.717) is 28.3 Å². The van der Waals surface area contributed by atoms with Crippen LogP contribution in [0.1, 0.15) is 33.2 Å². The summed E-state index contributed by atoms with van der Waals surface area (Å²) in [5.74, 6) is 1.46. The van der Waals surface area contributed by atoms with Gasteiger partial charge < -0.3 is 14.8 Å². The second kappa shape index (κ2) is 8.39. The van der Waals surface area contributed by atoms with E-state index in [1.165, 1.54) is 14.0 Å². The number of methoxy groups -OCH3 is 1. The fourth-order valence-corrected chi connectivity index (χ4v) is 2.64. The molecular formula is C23H21NO4. The Labute approximate surface area is 163 Å². The van der Waals surface area contributed by atoms with Gasteiger partial charge in [0.2, 0.25) is 0 Å². The Bertz CT molecular complexity index is 992. The van der Waals surface area contributed by atoms with Gasteiger partial charge in [0.05, 0.1) is 12.8 Å². The molecule has 5 nitrogen and oxygen atoms in total. The van der Waals surface area contributed by atoms with Crippen molar-refractivity contribution in [1.82, 2.24) is 0 Å². The first-order chi connectivity index (χ1) is 13.5. The third kappa shape index (κ3) is 4.57. The lowest BCUT2D eigenvalue weighted by molar-refractivity contribution is 0.101. The molecule has 0 aliphatic carbocycles. The highest BCUT2D eigenvalue weighted by atomic mass is 16.5. The Hall–Kier alpha value is -3.60. The minimum absolute atomic E-state index is 0.0873. The Balaban J connectivity index is 1.73. The van der Waals surface area contributed by atoms with Gasteiger partial charge in [-0.2, -0.15) is 0 Å². The molecule has 3 aromatic rings. The maximum Gasteiger partial charge on any atom is 0.255 e. The number of hydrogen-bond acceptors (Lipinski definition) is 4. The van der Waals surface area contributed by atoms with Crippen LogP contribution < -0.4 is 14.8 Å². The van der Waals surface area contributed by atoms with Gasteiger partial charge in [-0.1, -0.05) is 17.7 Å². The molecule has 0 saturated heterocycles. The number of rotatable bonds is 6. The minimum atomic E-state index is -0.305. The summed E-state index contributed by atoms with van der Waals surface area (Å²) in [5.41, 5.74) is 2.56. The molecule has 0 saturated carbocycles. The van der Waals surface area contributed by atoms with E-state index in [4.69, 9.17) is 9.47 Å². The molecule has 28 heavy (non-hydrogen) atoms. The topological polar surface area (TPSA) is 64.6 Å². The average molecular weight is 375 g/mol. The molecule has 1 amide bonds. The second-order valence-electron chi connectivity index (χ2n) is 6.36. The van der Waals surface area contributed by atoms with E-state index in [9.17, 15) is 9.59 Å². The number of hydrogen-bond donors (Lipinski definition) is 1. The maximum absolute atomic E-state index is 12.6. The van der Waals surface area contributed by atoms with E-state index in [1.807, 2.05) is 31.2 Å². The highest BCUT2D eigenvalue weighted by Crippen LogP contribution is 2.27. The van der Waals surface area contributed by atoms with Gasteiger partial charge in [0.15, 0.2) is 5.78 Å². The molecule has 142 valence electrons. The van der Waals surface area contributed by atoms with Crippen LogP contribution in [0, 0.1) is 6.92 Å². The van der Waals surface area contributed by atoms with E-state index in [0.717, 1.165) is 11.3 Å². The van der Waals surface area contributed by atoms with Gasteiger partial charge in [-0.25, -0.2) is 0 Å². The molecule has 1 N–H and O–H groups in total. The SMILES string of the molecule is COc1ccc(C(C)=O)cc1NC(=O)c1ccc(Oc2ccc(C)cc2)cc1. The van der Waals surface area contributed by atoms with Crippen LogP contribution >= 0.6 is 0 Å². The van der Waals surface area contributed by atoms with Gasteiger partial charge >= 0.3 is 0 Å². The standard InChI is InChI=1S/C23H21NO4/c1-15-4-9-19(10-5-15)28-20-11-6-17(7-12-20)23(26)24-21-14-18(16(2)25)8-13-22(21)27-3/h4-14H,1-3H3,(H,24,26). The molecule has 0 fully saturated rings. The number of aryl methyl sites for hydroxylation is 1. The smallest absolute Gasteiger partial charge is 0.255 e. The first-order valence-electron chi connectivity index (χ1n) is 8.81. The van der Waals surface area contributed by atoms with Crippen LogP contribution in [0.2, 0.25) is 0 Å². The molecule has 0 bridgehead atoms. The molecule has 0 aromatic heterocycles. The number of carbonyl (C=O) groups is 2. The maximum atomic E-state index is 12.6. The van der Waals surface area contributed by atoms with Crippen molar-refractivity contribution in [2.75, 3.05) is 12.4 Å². The van der Waals surface area contributed by atoms with Gasteiger partial charge in [0.1, 0.15) is 17.2 Å². The molecule has 3 rings (SSSR count). The lowest BCUT2D eigenvalue weighted by Crippen LogP contribution is -2.13. The van der Waals surface area contributed by atoms with Crippen molar-refractivity contribution < 1.29 is 19.1 Å². The Morgan fingerprint density at radius 1 is 0.821 bits per heavy atom. The van der Waals surface area contributed by atoms with Crippen LogP contribution in [-0.2, 0) is 0 Å². The Morgan fingerprint density at radius 2 is 1.39 bits per heavy atom. The Kier molecular flexibility index (Phi) is 5.75. The van der Waals surface area contributed by atoms with Crippen molar-refractivity contribution in [3.8, 4) is 17.2 Å². The van der Waals surface area contributed by atoms with Crippen molar-refractivity contribution in [1.29, 1.82) is 0 Å². The second-order valence-corrected chi connectivity index (χ2v) is 6.36. The van der Waals surface area contributed by atoms with Crippen LogP contribution in [0.3, 0.4) is 0 Å². The van der Waals surface area contributed by atoms with Gasteiger partial charge in [-0.05, 0) is 68.4 Å². The first-order valence-corrected chi connectivity index (χ1v) is 8.81. The molecule has 0 aliphatic heterocycles. The molecule has 0 radical (unpaired) electrons. The number of anilines is 1. The van der Waals surface area contributed by atoms with Gasteiger partial charge in [0.25, 0.3) is 5.91 Å². The average Bonchev–Trinajstić information content (AvgIpc) is 2.70. The number of carbonyl (C=O) groups excluding carboxylic acids is 2. The van der Waals surface area contributed by atoms with Crippen molar-refractivity contribution in [3.05, 3.63) is 83.4 Å². The summed E-state index contributed by atoms with van der Waals surface area (Å²) in [7, 11) is 1.51. The van der Waals surface area contributed by atoms with Gasteiger partial charge in [-0.3, -0.25) is 9.59 Å². The molecular weight excluding hydrogens is 354 g/mol. The number of nitrogens with one attached hydrogen (secondary N) is 1. The Morgan fingerprint density at radius 3 is 1.96 bits per heavy atom. The van der Waals surface area contributed by atoms with E-state index < -0.39 is 0 Å². The normalized spacial score (nSPS) is 10.2. The van der Waals surface area contributed by atoms with Gasteiger partial charge in [-0.15, -0.1) is 0 Å². The lowest BCUT2D eigenvalue weighted by atomic mass is 10.1. The fourth-order valence-electron chi connectivity index (χ4n) is 2.64. The predicted molar refractivity (Wildman–Crippen MR) is 109 cm³/mol. The van der Waals surface area contributed by atoms with E-state index in [-0.39, 0.29) is 11.7 Å². The van der Waals surface area contributed by atoms with Crippen LogP contribution in [0.15, 0.2) is 66.7 Å². The predicted octanol–water partition coefficient (Wildman–Crippen LogP) is 5.25. The third-order valence-electron chi connectivity index (χ3n) is 4.23. The summed E-state index contributed by atoms with van der Waals surface area (Å²) in [4.78, 5) is 24.2. The summed E-state index contributed by atoms with van der Waals surface area (Å²) < 4.78 is 11.0. The number of ether oxygens (including phenoxy) is 2. The number of Topliss-reactive ketones (excluding diaryl/α,β-unsaturated/α-hetero) is 1. The summed E-state index contributed by atoms with van der Waals surface area (Å²) in [5, 5.41) is 2.79. The lowest BCUT2D eigenvalue weighted by Gasteiger charge is -2.12. The van der Waals surface area contributed by atoms with E-state index in [1.54, 1.807) is 42.5 Å². The van der Waals surface area contributed by atoms with Crippen molar-refractivity contribution in [2.45, 2.75) is 13.8 Å². The van der Waals surface area contributed by atoms with Crippen molar-refractivity contribution in [3.63, 3.8) is 0 Å². The van der Waals surface area contributed by atoms with Crippen LogP contribution in [-0.4, -0.2) is 18.8 Å². The van der Waals surface area contributed by atoms with E-state index in [2.05, 4.69) is 5.32 Å². The fraction of sp³-hybridized carbons (Fsp3) is 0.130. The minimum Gasteiger partial charge on any atom is -0.495 e. The zero-order chi connectivity index (χ0) is 20.1. The van der Waals surface area contributed by atoms with Crippen LogP contribution in [0.4, 0.5) is 5.69 Å². The zero-order valence-corrected chi connectivity index (χ0v) is 16.0. The molecule has 5 heteroatoms. The molecule has 0 heterocycles. The molecule has 0 atom stereocenters. The highest BCUT2D eigenvalue weighted by Gasteiger charge is 2.12.